The smallest absolute Gasteiger partial charge is 0.478 e. The lowest BCUT2D eigenvalue weighted by Crippen LogP contribution is -2.48. The number of allylic oxidation sites excluding steroid dienone is 6. The number of rotatable bonds is 18. The summed E-state index contributed by atoms with van der Waals surface area (Å²) < 4.78 is 172. The molecule has 1 unspecified atom stereocenters. The second-order valence-corrected chi connectivity index (χ2v) is 45.3. The number of hydrogen-bond donors (Lipinski definition) is 3. The van der Waals surface area contributed by atoms with Crippen molar-refractivity contribution in [2.24, 2.45) is 38.6 Å². The van der Waals surface area contributed by atoms with Crippen molar-refractivity contribution in [1.29, 1.82) is 0 Å². The normalized spacial score (nSPS) is 19.9. The molecule has 3 saturated carbocycles. The van der Waals surface area contributed by atoms with Gasteiger partial charge in [0.15, 0.2) is 10.3 Å². The highest BCUT2D eigenvalue weighted by Gasteiger charge is 2.52. The molecule has 3 fully saturated rings. The number of amidine groups is 2. The summed E-state index contributed by atoms with van der Waals surface area (Å²) in [4.78, 5) is 95.6. The third kappa shape index (κ3) is 34.1. The highest BCUT2D eigenvalue weighted by molar-refractivity contribution is 9.11. The second kappa shape index (κ2) is 54.6. The first-order valence-electron chi connectivity index (χ1n) is 47.1. The summed E-state index contributed by atoms with van der Waals surface area (Å²) in [6.07, 6.45) is 16.9. The number of fused-ring (bicyclic) bond motifs is 2. The van der Waals surface area contributed by atoms with Crippen molar-refractivity contribution in [3.63, 3.8) is 0 Å². The molecular formula is C103H114Br5ClF9N7O17S3. The molecule has 16 rings (SSSR count). The van der Waals surface area contributed by atoms with E-state index in [-0.39, 0.29) is 101 Å². The highest BCUT2D eigenvalue weighted by atomic mass is 79.9. The number of carboxylic acids is 1. The number of ketones is 1. The number of halogens is 15. The summed E-state index contributed by atoms with van der Waals surface area (Å²) in [5.41, 5.74) is 18.5. The first kappa shape index (κ1) is 120. The second-order valence-electron chi connectivity index (χ2n) is 36.9. The number of nitrogens with two attached hydrogens (primary N) is 1. The van der Waals surface area contributed by atoms with E-state index in [2.05, 4.69) is 98.6 Å². The number of thioether (sulfide) groups is 2. The number of esters is 3. The number of benzene rings is 6. The van der Waals surface area contributed by atoms with Gasteiger partial charge in [-0.1, -0.05) is 127 Å². The first-order chi connectivity index (χ1) is 68.4. The van der Waals surface area contributed by atoms with Gasteiger partial charge in [0.2, 0.25) is 0 Å². The predicted molar refractivity (Wildman–Crippen MR) is 560 cm³/mol. The summed E-state index contributed by atoms with van der Waals surface area (Å²) in [5, 5.41) is 22.5. The van der Waals surface area contributed by atoms with Crippen LogP contribution < -0.4 is 5.73 Å². The largest absolute Gasteiger partial charge is 0.534 e. The Hall–Kier alpha value is -8.77. The van der Waals surface area contributed by atoms with Crippen molar-refractivity contribution >= 4 is 205 Å². The molecule has 10 aliphatic rings. The molecule has 2 heterocycles. The van der Waals surface area contributed by atoms with Crippen LogP contribution in [0.5, 0.6) is 0 Å². The van der Waals surface area contributed by atoms with Crippen LogP contribution in [0.25, 0.3) is 32.7 Å². The van der Waals surface area contributed by atoms with Gasteiger partial charge in [0.25, 0.3) is 0 Å². The van der Waals surface area contributed by atoms with Crippen molar-refractivity contribution < 1.29 is 120 Å². The number of Topliss-reactive ketones (excluding diaryl/α,β-unsaturated/α-hetero) is 1. The van der Waals surface area contributed by atoms with Gasteiger partial charge in [0.05, 0.1) is 43.1 Å². The Kier molecular flexibility index (Phi) is 45.1. The van der Waals surface area contributed by atoms with Crippen molar-refractivity contribution in [3.8, 4) is 0 Å². The third-order valence-electron chi connectivity index (χ3n) is 24.4. The van der Waals surface area contributed by atoms with E-state index >= 15 is 0 Å². The summed E-state index contributed by atoms with van der Waals surface area (Å²) in [5.74, 6) is -2.46. The van der Waals surface area contributed by atoms with Crippen LogP contribution in [0.4, 0.5) is 54.8 Å². The number of azide groups is 1. The average Bonchev–Trinajstić information content (AvgIpc) is 1.70. The monoisotopic (exact) mass is 2420 g/mol. The summed E-state index contributed by atoms with van der Waals surface area (Å²) >= 11 is 25.2. The molecule has 0 spiro atoms. The van der Waals surface area contributed by atoms with Gasteiger partial charge in [0.1, 0.15) is 63.6 Å². The van der Waals surface area contributed by atoms with Crippen molar-refractivity contribution in [2.45, 2.75) is 244 Å². The molecule has 0 saturated heterocycles. The molecule has 5 atom stereocenters. The molecule has 6 aromatic rings. The fourth-order valence-electron chi connectivity index (χ4n) is 18.3. The molecule has 786 valence electrons. The van der Waals surface area contributed by atoms with E-state index in [1.807, 2.05) is 24.3 Å². The van der Waals surface area contributed by atoms with E-state index < -0.39 is 74.0 Å². The van der Waals surface area contributed by atoms with Crippen LogP contribution in [0.2, 0.25) is 0 Å². The Morgan fingerprint density at radius 2 is 0.924 bits per heavy atom. The van der Waals surface area contributed by atoms with E-state index in [9.17, 15) is 86.6 Å². The number of hydrogen-bond acceptors (Lipinski definition) is 22. The third-order valence-corrected chi connectivity index (χ3v) is 30.1. The summed E-state index contributed by atoms with van der Waals surface area (Å²) in [6, 6.07) is 28.3. The minimum absolute atomic E-state index is 0.0382. The highest BCUT2D eigenvalue weighted by Crippen LogP contribution is 2.54. The Bertz CT molecular complexity index is 5980. The topological polar surface area (TPSA) is 352 Å². The predicted octanol–water partition coefficient (Wildman–Crippen LogP) is 29.4. The lowest BCUT2D eigenvalue weighted by Gasteiger charge is -2.38. The minimum atomic E-state index is -5.73. The van der Waals surface area contributed by atoms with Crippen LogP contribution in [-0.4, -0.2) is 136 Å². The average molecular weight is 2420 g/mol. The van der Waals surface area contributed by atoms with Crippen molar-refractivity contribution in [1.82, 2.24) is 4.90 Å². The molecule has 0 radical (unpaired) electrons. The molecule has 0 bridgehead atoms. The zero-order chi connectivity index (χ0) is 107. The Labute approximate surface area is 892 Å². The van der Waals surface area contributed by atoms with Gasteiger partial charge in [-0.25, -0.2) is 55.3 Å². The number of alkyl halides is 4. The number of aliphatic imine (C=N–C) groups is 2. The minimum Gasteiger partial charge on any atom is -0.478 e. The van der Waals surface area contributed by atoms with Crippen molar-refractivity contribution in [2.75, 3.05) is 43.8 Å². The van der Waals surface area contributed by atoms with Crippen LogP contribution >= 0.6 is 115 Å². The zero-order valence-electron chi connectivity index (χ0n) is 81.2. The lowest BCUT2D eigenvalue weighted by atomic mass is 9.81. The molecule has 8 aliphatic carbocycles. The van der Waals surface area contributed by atoms with E-state index in [0.29, 0.717) is 112 Å². The number of carboxylic acid groups (broad SMARTS) is 1. The van der Waals surface area contributed by atoms with E-state index in [4.69, 9.17) is 56.9 Å². The molecule has 24 nitrogen and oxygen atoms in total. The van der Waals surface area contributed by atoms with Gasteiger partial charge in [-0.3, -0.25) is 14.6 Å². The number of aliphatic carboxylic acids is 1. The quantitative estimate of drug-likeness (QED) is 0.00687. The molecular weight excluding hydrogens is 2310 g/mol. The lowest BCUT2D eigenvalue weighted by molar-refractivity contribution is -0.150. The first-order valence-corrected chi connectivity index (χ1v) is 54.9. The maximum absolute atomic E-state index is 14.4. The molecule has 145 heavy (non-hydrogen) atoms. The van der Waals surface area contributed by atoms with Gasteiger partial charge in [-0.2, -0.15) is 26.5 Å². The standard InChI is InChI=1S/C23H30FN5O4S.C14H14BrFO2.C13H14BrFN2S.C12H11BrClF.C12H10BrFO2.C12H12BrFO.C9H11F3O5S.C8H12O3/c1-21(2,3)32-19(30)29(20(31)33-22(4,5)6)18-26-23(9-7-8-14(23)13-34-18)15-10-16(24)12-17(11-15)27-28-25;1-2-18-14(17)13-5-3-4-12(13)9-6-10(15)8-11(16)7-9;14-10-4-9(5-11(15)6-10)13-3-1-2-8(13)7-18-12(16)17-13;13-10-4-9(5-11(15)6-10)12-3-1-2-8(12)7-14;13-8-4-7(5-9(14)6-8)10-2-1-3-11(10)12(15)16;13-10-4-9(5-11(14)6-10)12-3-1-2-8(12)7-15;1-2-16-8(13)6-4-3-5-7(6)17-18(14,15)9(10,11)12;1-2-11-8(10)6-4-3-5-7(6)9/h10-12,14H,7-9,13H2,1-6H3;6-8H,2-5H2,1H3;4-6,8H,1-3,7H2,(H2,16,17);4-6H,1-3,7H2;4-6H,1-3H2,(H,15,16);4-6,15H,1-3,7H2;2-5H2,1H3;6H,2-5H2,1H3/t14-,23-;;8-,13-;;;;;/m0.0...../s1. The number of ether oxygens (including phenoxy) is 5. The number of carbonyl (C=O) groups excluding carboxylic acids is 6. The molecule has 42 heteroatoms. The van der Waals surface area contributed by atoms with Crippen LogP contribution in [0.3, 0.4) is 0 Å². The fourth-order valence-corrected chi connectivity index (χ4v) is 23.8. The van der Waals surface area contributed by atoms with Crippen LogP contribution in [0.1, 0.15) is 250 Å². The number of aliphatic hydroxyl groups excluding tert-OH is 1. The summed E-state index contributed by atoms with van der Waals surface area (Å²) in [6.45, 7) is 16.1. The fraction of sp³-hybridized carbons (Fsp3) is 0.466. The Balaban J connectivity index is 0.000000189. The SMILES string of the molecule is CC(C)(C)OC(=O)N(C(=O)OC(C)(C)C)C1=N[C@@]2(c3cc(F)cc(N=[N+]=[N-])c3)CCC[C@H]2CS1.CCOC(=O)C1=C(OS(=O)(=O)C(F)(F)F)CCC1.CCOC(=O)C1=C(c2cc(F)cc(Br)c2)CCC1.CCOC(=O)C1CCCC1=O.Fc1cc(Br)cc(C2=C(CCl)CCC2)c1.NC1=N[C@@]2(c3cc(F)cc(Br)c3)CCC[C@H]2CS1.O=C(O)C1=C(c2cc(F)cc(Br)c2)CCC1.OCC1=C(c2cc(F)cc(Br)c2)CCC1. The number of aliphatic hydroxyl groups is 1. The summed E-state index contributed by atoms with van der Waals surface area (Å²) in [7, 11) is -5.73. The number of nitrogens with zero attached hydrogens (tertiary/aromatic N) is 6. The van der Waals surface area contributed by atoms with Gasteiger partial charge >= 0.3 is 51.7 Å². The van der Waals surface area contributed by atoms with Gasteiger partial charge in [0, 0.05) is 74.3 Å². The van der Waals surface area contributed by atoms with Crippen molar-refractivity contribution in [3.05, 3.63) is 244 Å². The molecule has 6 aromatic carbocycles. The van der Waals surface area contributed by atoms with Gasteiger partial charge < -0.3 is 43.8 Å². The van der Waals surface area contributed by atoms with Crippen LogP contribution in [0, 0.1) is 52.7 Å². The van der Waals surface area contributed by atoms with Gasteiger partial charge in [-0.05, 0) is 379 Å². The van der Waals surface area contributed by atoms with Gasteiger partial charge in [-0.15, -0.1) is 11.6 Å². The number of carbonyl (C=O) groups is 7. The molecule has 2 aliphatic heterocycles. The van der Waals surface area contributed by atoms with E-state index in [0.717, 1.165) is 171 Å². The maximum atomic E-state index is 14.4. The molecule has 0 aromatic heterocycles. The number of amides is 2. The maximum Gasteiger partial charge on any atom is 0.534 e. The van der Waals surface area contributed by atoms with Crippen LogP contribution in [-0.2, 0) is 73.0 Å². The number of imide groups is 1. The van der Waals surface area contributed by atoms with Crippen LogP contribution in [0.15, 0.2) is 180 Å². The van der Waals surface area contributed by atoms with E-state index in [1.165, 1.54) is 84.4 Å². The molecule has 2 amide bonds. The molecule has 4 N–H and O–H groups in total. The zero-order valence-corrected chi connectivity index (χ0v) is 92.4. The van der Waals surface area contributed by atoms with E-state index in [1.54, 1.807) is 91.4 Å². The Morgan fingerprint density at radius 3 is 1.37 bits per heavy atom. The Morgan fingerprint density at radius 1 is 0.517 bits per heavy atom.